The van der Waals surface area contributed by atoms with Crippen LogP contribution in [-0.2, 0) is 6.42 Å². The third kappa shape index (κ3) is 4.53. The third-order valence-electron chi connectivity index (χ3n) is 3.58. The van der Waals surface area contributed by atoms with E-state index in [9.17, 15) is 9.18 Å². The van der Waals surface area contributed by atoms with Crippen molar-refractivity contribution in [2.24, 2.45) is 0 Å². The van der Waals surface area contributed by atoms with Gasteiger partial charge in [-0.15, -0.1) is 12.4 Å². The molecule has 7 heteroatoms. The molecule has 0 aliphatic carbocycles. The van der Waals surface area contributed by atoms with Gasteiger partial charge in [0.25, 0.3) is 5.91 Å². The Hall–Kier alpha value is -1.92. The summed E-state index contributed by atoms with van der Waals surface area (Å²) >= 11 is 0. The van der Waals surface area contributed by atoms with Crippen molar-refractivity contribution in [1.29, 1.82) is 0 Å². The molecule has 1 amide bonds. The Bertz CT molecular complexity index is 642. The van der Waals surface area contributed by atoms with Crippen LogP contribution in [0.1, 0.15) is 29.9 Å². The third-order valence-corrected chi connectivity index (χ3v) is 3.58. The number of hydrogen-bond donors (Lipinski definition) is 2. The van der Waals surface area contributed by atoms with Crippen LogP contribution in [0.15, 0.2) is 30.5 Å². The summed E-state index contributed by atoms with van der Waals surface area (Å²) < 4.78 is 14.7. The highest BCUT2D eigenvalue weighted by molar-refractivity contribution is 5.95. The minimum Gasteiger partial charge on any atom is -0.350 e. The number of aromatic nitrogens is 2. The number of carbonyl (C=O) groups excluding carboxylic acids is 1. The molecule has 1 atom stereocenters. The standard InChI is InChI=1S/C16H21FN4O.ClH/c1-4-15-14(16(22)19-9-11(2)18-3)10-20-21(15)13-7-5-12(17)6-8-13;/h5-8,10-11,18H,4,9H2,1-3H3,(H,19,22);1H. The van der Waals surface area contributed by atoms with Crippen LogP contribution in [0, 0.1) is 5.82 Å². The van der Waals surface area contributed by atoms with E-state index < -0.39 is 0 Å². The average molecular weight is 341 g/mol. The van der Waals surface area contributed by atoms with Crippen molar-refractivity contribution in [1.82, 2.24) is 20.4 Å². The van der Waals surface area contributed by atoms with Gasteiger partial charge < -0.3 is 10.6 Å². The maximum Gasteiger partial charge on any atom is 0.254 e. The number of rotatable bonds is 6. The van der Waals surface area contributed by atoms with E-state index in [4.69, 9.17) is 0 Å². The summed E-state index contributed by atoms with van der Waals surface area (Å²) in [5.74, 6) is -0.444. The molecule has 5 nitrogen and oxygen atoms in total. The van der Waals surface area contributed by atoms with E-state index in [-0.39, 0.29) is 30.2 Å². The number of halogens is 2. The van der Waals surface area contributed by atoms with Gasteiger partial charge in [-0.25, -0.2) is 9.07 Å². The van der Waals surface area contributed by atoms with E-state index in [1.165, 1.54) is 12.1 Å². The fourth-order valence-corrected chi connectivity index (χ4v) is 2.15. The van der Waals surface area contributed by atoms with Crippen molar-refractivity contribution in [2.75, 3.05) is 13.6 Å². The number of hydrogen-bond acceptors (Lipinski definition) is 3. The molecule has 0 saturated carbocycles. The highest BCUT2D eigenvalue weighted by Crippen LogP contribution is 2.16. The lowest BCUT2D eigenvalue weighted by Crippen LogP contribution is -2.37. The van der Waals surface area contributed by atoms with Crippen molar-refractivity contribution in [3.63, 3.8) is 0 Å². The summed E-state index contributed by atoms with van der Waals surface area (Å²) in [4.78, 5) is 12.3. The number of carbonyl (C=O) groups is 1. The molecule has 2 N–H and O–H groups in total. The number of benzene rings is 1. The molecule has 0 aliphatic heterocycles. The first kappa shape index (κ1) is 19.1. The second kappa shape index (κ2) is 8.64. The van der Waals surface area contributed by atoms with Crippen LogP contribution in [0.25, 0.3) is 5.69 Å². The maximum absolute atomic E-state index is 13.0. The molecule has 2 rings (SSSR count). The number of amides is 1. The lowest BCUT2D eigenvalue weighted by Gasteiger charge is -2.12. The van der Waals surface area contributed by atoms with Gasteiger partial charge in [-0.1, -0.05) is 6.92 Å². The molecule has 0 bridgehead atoms. The van der Waals surface area contributed by atoms with Gasteiger partial charge in [0.05, 0.1) is 23.1 Å². The highest BCUT2D eigenvalue weighted by Gasteiger charge is 2.17. The normalized spacial score (nSPS) is 11.7. The zero-order chi connectivity index (χ0) is 16.1. The van der Waals surface area contributed by atoms with E-state index in [1.54, 1.807) is 23.0 Å². The van der Waals surface area contributed by atoms with Crippen LogP contribution in [-0.4, -0.2) is 35.3 Å². The fourth-order valence-electron chi connectivity index (χ4n) is 2.15. The van der Waals surface area contributed by atoms with Gasteiger partial charge in [0.2, 0.25) is 0 Å². The van der Waals surface area contributed by atoms with E-state index >= 15 is 0 Å². The minimum absolute atomic E-state index is 0. The zero-order valence-electron chi connectivity index (χ0n) is 13.5. The van der Waals surface area contributed by atoms with Crippen molar-refractivity contribution >= 4 is 18.3 Å². The van der Waals surface area contributed by atoms with Gasteiger partial charge in [0.1, 0.15) is 5.82 Å². The Kier molecular flexibility index (Phi) is 7.19. The topological polar surface area (TPSA) is 59.0 Å². The van der Waals surface area contributed by atoms with Crippen molar-refractivity contribution in [3.05, 3.63) is 47.5 Å². The monoisotopic (exact) mass is 340 g/mol. The van der Waals surface area contributed by atoms with Gasteiger partial charge in [0, 0.05) is 12.6 Å². The van der Waals surface area contributed by atoms with Crippen LogP contribution in [0.3, 0.4) is 0 Å². The maximum atomic E-state index is 13.0. The van der Waals surface area contributed by atoms with Gasteiger partial charge in [-0.05, 0) is 44.7 Å². The molecule has 126 valence electrons. The summed E-state index contributed by atoms with van der Waals surface area (Å²) in [7, 11) is 1.85. The molecule has 0 radical (unpaired) electrons. The fraction of sp³-hybridized carbons (Fsp3) is 0.375. The van der Waals surface area contributed by atoms with Crippen LogP contribution in [0.2, 0.25) is 0 Å². The average Bonchev–Trinajstić information content (AvgIpc) is 2.96. The van der Waals surface area contributed by atoms with Crippen LogP contribution in [0.5, 0.6) is 0 Å². The van der Waals surface area contributed by atoms with Gasteiger partial charge in [0.15, 0.2) is 0 Å². The molecule has 2 aromatic rings. The Morgan fingerprint density at radius 3 is 2.57 bits per heavy atom. The van der Waals surface area contributed by atoms with Gasteiger partial charge in [-0.2, -0.15) is 5.10 Å². The smallest absolute Gasteiger partial charge is 0.254 e. The number of nitrogens with one attached hydrogen (secondary N) is 2. The molecule has 1 heterocycles. The predicted octanol–water partition coefficient (Wildman–Crippen LogP) is 2.33. The van der Waals surface area contributed by atoms with Crippen LogP contribution < -0.4 is 10.6 Å². The zero-order valence-corrected chi connectivity index (χ0v) is 14.3. The Labute approximate surface area is 141 Å². The molecule has 0 aliphatic rings. The minimum atomic E-state index is -0.298. The quantitative estimate of drug-likeness (QED) is 0.848. The molecule has 1 unspecified atom stereocenters. The highest BCUT2D eigenvalue weighted by atomic mass is 35.5. The summed E-state index contributed by atoms with van der Waals surface area (Å²) in [5.41, 5.74) is 2.09. The number of nitrogens with zero attached hydrogens (tertiary/aromatic N) is 2. The summed E-state index contributed by atoms with van der Waals surface area (Å²) in [6.07, 6.45) is 2.21. The number of likely N-dealkylation sites (N-methyl/N-ethyl adjacent to an activating group) is 1. The Morgan fingerprint density at radius 2 is 2.00 bits per heavy atom. The molecule has 1 aromatic heterocycles. The summed E-state index contributed by atoms with van der Waals surface area (Å²) in [6.45, 7) is 4.49. The van der Waals surface area contributed by atoms with Crippen LogP contribution >= 0.6 is 12.4 Å². The molecule has 0 fully saturated rings. The molecular formula is C16H22ClFN4O. The Balaban J connectivity index is 0.00000264. The van der Waals surface area contributed by atoms with E-state index in [1.807, 2.05) is 20.9 Å². The molecule has 1 aromatic carbocycles. The van der Waals surface area contributed by atoms with Gasteiger partial charge >= 0.3 is 0 Å². The predicted molar refractivity (Wildman–Crippen MR) is 91.0 cm³/mol. The molecular weight excluding hydrogens is 319 g/mol. The van der Waals surface area contributed by atoms with E-state index in [0.29, 0.717) is 18.5 Å². The van der Waals surface area contributed by atoms with Gasteiger partial charge in [-0.3, -0.25) is 4.79 Å². The lowest BCUT2D eigenvalue weighted by atomic mass is 10.2. The Morgan fingerprint density at radius 1 is 1.35 bits per heavy atom. The second-order valence-electron chi connectivity index (χ2n) is 5.15. The van der Waals surface area contributed by atoms with Crippen molar-refractivity contribution in [2.45, 2.75) is 26.3 Å². The molecule has 0 spiro atoms. The lowest BCUT2D eigenvalue weighted by molar-refractivity contribution is 0.0949. The largest absolute Gasteiger partial charge is 0.350 e. The second-order valence-corrected chi connectivity index (χ2v) is 5.15. The van der Waals surface area contributed by atoms with E-state index in [2.05, 4.69) is 15.7 Å². The first-order chi connectivity index (χ1) is 10.6. The van der Waals surface area contributed by atoms with E-state index in [0.717, 1.165) is 11.4 Å². The van der Waals surface area contributed by atoms with Crippen molar-refractivity contribution < 1.29 is 9.18 Å². The summed E-state index contributed by atoms with van der Waals surface area (Å²) in [6, 6.07) is 6.25. The van der Waals surface area contributed by atoms with Crippen LogP contribution in [0.4, 0.5) is 4.39 Å². The first-order valence-electron chi connectivity index (χ1n) is 7.35. The SMILES string of the molecule is CCc1c(C(=O)NCC(C)NC)cnn1-c1ccc(F)cc1.Cl. The summed E-state index contributed by atoms with van der Waals surface area (Å²) in [5, 5.41) is 10.2. The molecule has 23 heavy (non-hydrogen) atoms. The molecule has 0 saturated heterocycles. The first-order valence-corrected chi connectivity index (χ1v) is 7.35. The van der Waals surface area contributed by atoms with Crippen molar-refractivity contribution in [3.8, 4) is 5.69 Å².